The van der Waals surface area contributed by atoms with Gasteiger partial charge in [-0.25, -0.2) is 9.97 Å². The molecule has 0 saturated carbocycles. The first-order valence-electron chi connectivity index (χ1n) is 7.64. The van der Waals surface area contributed by atoms with Gasteiger partial charge in [0.05, 0.1) is 17.0 Å². The number of thioether (sulfide) groups is 2. The topological polar surface area (TPSA) is 92.3 Å². The quantitative estimate of drug-likeness (QED) is 0.607. The predicted molar refractivity (Wildman–Crippen MR) is 97.6 cm³/mol. The van der Waals surface area contributed by atoms with E-state index in [2.05, 4.69) is 15.3 Å². The highest BCUT2D eigenvalue weighted by molar-refractivity contribution is 8.14. The van der Waals surface area contributed by atoms with Crippen LogP contribution in [0.15, 0.2) is 29.3 Å². The van der Waals surface area contributed by atoms with Crippen molar-refractivity contribution in [3.63, 3.8) is 0 Å². The standard InChI is InChI=1S/C16H16N4O3S2/c1-10-18-12-5-3-2-4-11(12)15(19-10)24-8-13(21)17-6-7-20-14(22)9-25-16(20)23/h2-5H,6-9H2,1H3,(H,17,21). The number of para-hydroxylation sites is 1. The molecule has 3 rings (SSSR count). The van der Waals surface area contributed by atoms with Gasteiger partial charge >= 0.3 is 0 Å². The van der Waals surface area contributed by atoms with Crippen molar-refractivity contribution < 1.29 is 14.4 Å². The molecule has 1 fully saturated rings. The lowest BCUT2D eigenvalue weighted by molar-refractivity contribution is -0.125. The van der Waals surface area contributed by atoms with E-state index in [0.717, 1.165) is 27.7 Å². The molecule has 130 valence electrons. The van der Waals surface area contributed by atoms with Crippen LogP contribution in [0.1, 0.15) is 5.82 Å². The summed E-state index contributed by atoms with van der Waals surface area (Å²) in [5.74, 6) is 0.670. The zero-order chi connectivity index (χ0) is 17.8. The van der Waals surface area contributed by atoms with Gasteiger partial charge in [0.1, 0.15) is 10.9 Å². The van der Waals surface area contributed by atoms with Gasteiger partial charge in [-0.15, -0.1) is 0 Å². The Kier molecular flexibility index (Phi) is 5.54. The van der Waals surface area contributed by atoms with E-state index in [4.69, 9.17) is 0 Å². The van der Waals surface area contributed by atoms with E-state index in [1.54, 1.807) is 0 Å². The van der Waals surface area contributed by atoms with Gasteiger partial charge in [0.25, 0.3) is 5.24 Å². The van der Waals surface area contributed by atoms with Crippen LogP contribution < -0.4 is 5.32 Å². The average molecular weight is 376 g/mol. The highest BCUT2D eigenvalue weighted by atomic mass is 32.2. The zero-order valence-corrected chi connectivity index (χ0v) is 15.2. The summed E-state index contributed by atoms with van der Waals surface area (Å²) >= 11 is 2.33. The number of imide groups is 1. The second kappa shape index (κ2) is 7.83. The highest BCUT2D eigenvalue weighted by Gasteiger charge is 2.29. The molecule has 7 nitrogen and oxygen atoms in total. The van der Waals surface area contributed by atoms with Gasteiger partial charge in [-0.3, -0.25) is 19.3 Å². The van der Waals surface area contributed by atoms with Crippen LogP contribution in [-0.2, 0) is 9.59 Å². The molecular formula is C16H16N4O3S2. The van der Waals surface area contributed by atoms with Crippen molar-refractivity contribution >= 4 is 51.5 Å². The Balaban J connectivity index is 1.53. The second-order valence-corrected chi connectivity index (χ2v) is 7.22. The Hall–Kier alpha value is -2.13. The van der Waals surface area contributed by atoms with Crippen LogP contribution >= 0.6 is 23.5 Å². The Labute approximate surface area is 153 Å². The molecule has 0 bridgehead atoms. The maximum atomic E-state index is 12.0. The van der Waals surface area contributed by atoms with E-state index in [9.17, 15) is 14.4 Å². The van der Waals surface area contributed by atoms with Crippen molar-refractivity contribution in [2.45, 2.75) is 11.9 Å². The summed E-state index contributed by atoms with van der Waals surface area (Å²) in [5.41, 5.74) is 0.849. The number of fused-ring (bicyclic) bond motifs is 1. The largest absolute Gasteiger partial charge is 0.354 e. The molecule has 1 aliphatic heterocycles. The van der Waals surface area contributed by atoms with E-state index in [0.29, 0.717) is 5.82 Å². The number of carbonyl (C=O) groups is 3. The van der Waals surface area contributed by atoms with E-state index >= 15 is 0 Å². The van der Waals surface area contributed by atoms with Crippen LogP contribution in [0.4, 0.5) is 4.79 Å². The first-order valence-corrected chi connectivity index (χ1v) is 9.62. The van der Waals surface area contributed by atoms with Crippen LogP contribution in [0.3, 0.4) is 0 Å². The number of hydrogen-bond donors (Lipinski definition) is 1. The Bertz CT molecular complexity index is 827. The van der Waals surface area contributed by atoms with Crippen molar-refractivity contribution in [1.29, 1.82) is 0 Å². The molecule has 1 aromatic heterocycles. The molecule has 3 amide bonds. The Morgan fingerprint density at radius 3 is 2.88 bits per heavy atom. The molecule has 0 unspecified atom stereocenters. The maximum absolute atomic E-state index is 12.0. The minimum absolute atomic E-state index is 0.169. The first-order chi connectivity index (χ1) is 12.0. The summed E-state index contributed by atoms with van der Waals surface area (Å²) in [7, 11) is 0. The van der Waals surface area contributed by atoms with E-state index in [1.807, 2.05) is 31.2 Å². The zero-order valence-electron chi connectivity index (χ0n) is 13.5. The number of nitrogens with one attached hydrogen (secondary N) is 1. The molecular weight excluding hydrogens is 360 g/mol. The van der Waals surface area contributed by atoms with Gasteiger partial charge < -0.3 is 5.32 Å². The molecule has 2 aromatic rings. The van der Waals surface area contributed by atoms with Crippen LogP contribution in [0.2, 0.25) is 0 Å². The smallest absolute Gasteiger partial charge is 0.288 e. The molecule has 1 aromatic carbocycles. The summed E-state index contributed by atoms with van der Waals surface area (Å²) in [4.78, 5) is 44.9. The molecule has 0 aliphatic carbocycles. The lowest BCUT2D eigenvalue weighted by Crippen LogP contribution is -2.38. The molecule has 25 heavy (non-hydrogen) atoms. The van der Waals surface area contributed by atoms with Crippen LogP contribution in [-0.4, -0.2) is 56.5 Å². The molecule has 1 N–H and O–H groups in total. The van der Waals surface area contributed by atoms with Crippen molar-refractivity contribution in [1.82, 2.24) is 20.2 Å². The molecule has 0 radical (unpaired) electrons. The molecule has 0 spiro atoms. The highest BCUT2D eigenvalue weighted by Crippen LogP contribution is 2.24. The first kappa shape index (κ1) is 17.7. The number of rotatable bonds is 6. The summed E-state index contributed by atoms with van der Waals surface area (Å²) < 4.78 is 0. The summed E-state index contributed by atoms with van der Waals surface area (Å²) in [6.45, 7) is 2.27. The molecule has 1 aliphatic rings. The normalized spacial score (nSPS) is 14.4. The fraction of sp³-hybridized carbons (Fsp3) is 0.312. The second-order valence-electron chi connectivity index (χ2n) is 5.33. The number of carbonyl (C=O) groups excluding carboxylic acids is 3. The molecule has 1 saturated heterocycles. The van der Waals surface area contributed by atoms with Gasteiger partial charge in [-0.2, -0.15) is 0 Å². The lowest BCUT2D eigenvalue weighted by Gasteiger charge is -2.13. The van der Waals surface area contributed by atoms with Crippen molar-refractivity contribution in [3.05, 3.63) is 30.1 Å². The molecule has 2 heterocycles. The number of aromatic nitrogens is 2. The lowest BCUT2D eigenvalue weighted by atomic mass is 10.2. The van der Waals surface area contributed by atoms with Crippen LogP contribution in [0.5, 0.6) is 0 Å². The Morgan fingerprint density at radius 1 is 1.32 bits per heavy atom. The van der Waals surface area contributed by atoms with Crippen LogP contribution in [0, 0.1) is 6.92 Å². The van der Waals surface area contributed by atoms with Gasteiger partial charge in [0.2, 0.25) is 11.8 Å². The number of amides is 3. The summed E-state index contributed by atoms with van der Waals surface area (Å²) in [5, 5.41) is 4.15. The predicted octanol–water partition coefficient (Wildman–Crippen LogP) is 1.84. The van der Waals surface area contributed by atoms with Gasteiger partial charge in [-0.1, -0.05) is 41.7 Å². The van der Waals surface area contributed by atoms with Crippen molar-refractivity contribution in [2.24, 2.45) is 0 Å². The van der Waals surface area contributed by atoms with Crippen molar-refractivity contribution in [3.8, 4) is 0 Å². The summed E-state index contributed by atoms with van der Waals surface area (Å²) in [6, 6.07) is 7.66. The Morgan fingerprint density at radius 2 is 2.12 bits per heavy atom. The third-order valence-electron chi connectivity index (χ3n) is 3.52. The fourth-order valence-corrected chi connectivity index (χ4v) is 4.00. The van der Waals surface area contributed by atoms with Gasteiger partial charge in [0, 0.05) is 18.5 Å². The number of hydrogen-bond acceptors (Lipinski definition) is 7. The third-order valence-corrected chi connectivity index (χ3v) is 5.37. The van der Waals surface area contributed by atoms with Gasteiger partial charge in [0.15, 0.2) is 0 Å². The SMILES string of the molecule is Cc1nc(SCC(=O)NCCN2C(=O)CSC2=O)c2ccccc2n1. The minimum atomic E-state index is -0.253. The van der Waals surface area contributed by atoms with Crippen molar-refractivity contribution in [2.75, 3.05) is 24.6 Å². The number of aryl methyl sites for hydroxylation is 1. The minimum Gasteiger partial charge on any atom is -0.354 e. The number of nitrogens with zero attached hydrogens (tertiary/aromatic N) is 3. The fourth-order valence-electron chi connectivity index (χ4n) is 2.36. The molecule has 0 atom stereocenters. The maximum Gasteiger partial charge on any atom is 0.288 e. The van der Waals surface area contributed by atoms with Crippen LogP contribution in [0.25, 0.3) is 10.9 Å². The average Bonchev–Trinajstić information content (AvgIpc) is 2.91. The summed E-state index contributed by atoms with van der Waals surface area (Å²) in [6.07, 6.45) is 0. The van der Waals surface area contributed by atoms with E-state index in [1.165, 1.54) is 16.7 Å². The third kappa shape index (κ3) is 4.29. The van der Waals surface area contributed by atoms with E-state index < -0.39 is 0 Å². The number of benzene rings is 1. The van der Waals surface area contributed by atoms with Gasteiger partial charge in [-0.05, 0) is 13.0 Å². The molecule has 9 heteroatoms. The van der Waals surface area contributed by atoms with E-state index in [-0.39, 0.29) is 41.6 Å². The monoisotopic (exact) mass is 376 g/mol.